The summed E-state index contributed by atoms with van der Waals surface area (Å²) in [5, 5.41) is 17.2. The lowest BCUT2D eigenvalue weighted by atomic mass is 10.1. The summed E-state index contributed by atoms with van der Waals surface area (Å²) in [7, 11) is 0. The van der Waals surface area contributed by atoms with Crippen molar-refractivity contribution in [1.82, 2.24) is 0 Å². The molecule has 2 N–H and O–H groups in total. The van der Waals surface area contributed by atoms with Gasteiger partial charge in [-0.15, -0.1) is 0 Å². The number of hydrogen-bond acceptors (Lipinski definition) is 2. The maximum absolute atomic E-state index is 10.6. The Morgan fingerprint density at radius 1 is 1.23 bits per heavy atom. The SMILES string of the molecule is CC=CCC(C(=O)O)=C(C)C(=O)O. The molecule has 0 unspecified atom stereocenters. The molecule has 4 nitrogen and oxygen atoms in total. The second kappa shape index (κ2) is 5.13. The third-order valence-corrected chi connectivity index (χ3v) is 1.59. The van der Waals surface area contributed by atoms with Gasteiger partial charge < -0.3 is 10.2 Å². The van der Waals surface area contributed by atoms with Gasteiger partial charge in [0.1, 0.15) is 0 Å². The van der Waals surface area contributed by atoms with Gasteiger partial charge in [0.15, 0.2) is 0 Å². The lowest BCUT2D eigenvalue weighted by Gasteiger charge is -2.00. The number of carbonyl (C=O) groups is 2. The van der Waals surface area contributed by atoms with Gasteiger partial charge in [-0.2, -0.15) is 0 Å². The van der Waals surface area contributed by atoms with Crippen LogP contribution in [0.2, 0.25) is 0 Å². The molecule has 0 aromatic rings. The number of rotatable bonds is 4. The Balaban J connectivity index is 4.88. The number of hydrogen-bond donors (Lipinski definition) is 2. The molecule has 0 atom stereocenters. The van der Waals surface area contributed by atoms with Gasteiger partial charge in [-0.3, -0.25) is 0 Å². The van der Waals surface area contributed by atoms with Crippen molar-refractivity contribution in [2.75, 3.05) is 0 Å². The molecule has 0 aliphatic heterocycles. The second-order valence-corrected chi connectivity index (χ2v) is 2.49. The van der Waals surface area contributed by atoms with Crippen LogP contribution in [-0.2, 0) is 9.59 Å². The molecule has 0 fully saturated rings. The zero-order valence-electron chi connectivity index (χ0n) is 7.57. The van der Waals surface area contributed by atoms with Gasteiger partial charge in [0.2, 0.25) is 0 Å². The number of carboxylic acids is 2. The molecule has 0 rings (SSSR count). The van der Waals surface area contributed by atoms with Crippen LogP contribution in [0.4, 0.5) is 0 Å². The van der Waals surface area contributed by atoms with Crippen molar-refractivity contribution in [3.63, 3.8) is 0 Å². The first-order valence-electron chi connectivity index (χ1n) is 3.78. The van der Waals surface area contributed by atoms with E-state index in [1.54, 1.807) is 19.1 Å². The molecule has 0 saturated heterocycles. The van der Waals surface area contributed by atoms with E-state index in [1.807, 2.05) is 0 Å². The fourth-order valence-electron chi connectivity index (χ4n) is 0.766. The van der Waals surface area contributed by atoms with Crippen LogP contribution in [0.1, 0.15) is 20.3 Å². The number of aliphatic carboxylic acids is 2. The highest BCUT2D eigenvalue weighted by Gasteiger charge is 2.14. The molecule has 4 heteroatoms. The van der Waals surface area contributed by atoms with E-state index in [1.165, 1.54) is 6.92 Å². The van der Waals surface area contributed by atoms with Crippen molar-refractivity contribution in [2.24, 2.45) is 0 Å². The minimum absolute atomic E-state index is 0.0781. The zero-order chi connectivity index (χ0) is 10.4. The minimum atomic E-state index is -1.19. The van der Waals surface area contributed by atoms with Gasteiger partial charge in [-0.1, -0.05) is 12.2 Å². The van der Waals surface area contributed by atoms with Gasteiger partial charge in [-0.05, 0) is 20.3 Å². The van der Waals surface area contributed by atoms with Crippen LogP contribution in [0.5, 0.6) is 0 Å². The van der Waals surface area contributed by atoms with E-state index >= 15 is 0 Å². The lowest BCUT2D eigenvalue weighted by molar-refractivity contribution is -0.135. The van der Waals surface area contributed by atoms with Crippen LogP contribution in [0.3, 0.4) is 0 Å². The zero-order valence-corrected chi connectivity index (χ0v) is 7.57. The standard InChI is InChI=1S/C9H12O4/c1-3-4-5-7(9(12)13)6(2)8(10)11/h3-4H,5H2,1-2H3,(H,10,11)(H,12,13). The largest absolute Gasteiger partial charge is 0.478 e. The number of allylic oxidation sites excluding steroid dienone is 2. The molecule has 0 heterocycles. The average Bonchev–Trinajstić information content (AvgIpc) is 2.04. The lowest BCUT2D eigenvalue weighted by Crippen LogP contribution is -2.08. The number of carboxylic acid groups (broad SMARTS) is 2. The minimum Gasteiger partial charge on any atom is -0.478 e. The van der Waals surface area contributed by atoms with Crippen molar-refractivity contribution in [3.8, 4) is 0 Å². The van der Waals surface area contributed by atoms with Crippen LogP contribution < -0.4 is 0 Å². The molecular weight excluding hydrogens is 172 g/mol. The molecule has 0 aromatic carbocycles. The molecule has 0 aliphatic carbocycles. The summed E-state index contributed by atoms with van der Waals surface area (Å²) in [5.74, 6) is -2.38. The maximum Gasteiger partial charge on any atom is 0.332 e. The summed E-state index contributed by atoms with van der Waals surface area (Å²) in [4.78, 5) is 21.1. The van der Waals surface area contributed by atoms with E-state index in [0.717, 1.165) is 0 Å². The molecular formula is C9H12O4. The Kier molecular flexibility index (Phi) is 4.51. The third-order valence-electron chi connectivity index (χ3n) is 1.59. The highest BCUT2D eigenvalue weighted by atomic mass is 16.4. The predicted molar refractivity (Wildman–Crippen MR) is 47.4 cm³/mol. The second-order valence-electron chi connectivity index (χ2n) is 2.49. The van der Waals surface area contributed by atoms with Crippen molar-refractivity contribution in [1.29, 1.82) is 0 Å². The van der Waals surface area contributed by atoms with Gasteiger partial charge in [0, 0.05) is 5.57 Å². The summed E-state index contributed by atoms with van der Waals surface area (Å²) >= 11 is 0. The van der Waals surface area contributed by atoms with Gasteiger partial charge in [0.25, 0.3) is 0 Å². The van der Waals surface area contributed by atoms with Crippen LogP contribution in [0, 0.1) is 0 Å². The average molecular weight is 184 g/mol. The first-order chi connectivity index (χ1) is 6.00. The van der Waals surface area contributed by atoms with Crippen molar-refractivity contribution in [2.45, 2.75) is 20.3 Å². The molecule has 0 bridgehead atoms. The monoisotopic (exact) mass is 184 g/mol. The van der Waals surface area contributed by atoms with Gasteiger partial charge in [-0.25, -0.2) is 9.59 Å². The highest BCUT2D eigenvalue weighted by Crippen LogP contribution is 2.10. The summed E-state index contributed by atoms with van der Waals surface area (Å²) in [6, 6.07) is 0. The summed E-state index contributed by atoms with van der Waals surface area (Å²) < 4.78 is 0. The van der Waals surface area contributed by atoms with E-state index in [4.69, 9.17) is 10.2 Å². The smallest absolute Gasteiger partial charge is 0.332 e. The fraction of sp³-hybridized carbons (Fsp3) is 0.333. The Labute approximate surface area is 76.2 Å². The summed E-state index contributed by atoms with van der Waals surface area (Å²) in [5.41, 5.74) is -0.198. The Hall–Kier alpha value is -1.58. The van der Waals surface area contributed by atoms with Crippen molar-refractivity contribution < 1.29 is 19.8 Å². The van der Waals surface area contributed by atoms with E-state index in [2.05, 4.69) is 0 Å². The molecule has 72 valence electrons. The Morgan fingerprint density at radius 2 is 1.77 bits per heavy atom. The van der Waals surface area contributed by atoms with Gasteiger partial charge >= 0.3 is 11.9 Å². The Bertz CT molecular complexity index is 273. The maximum atomic E-state index is 10.6. The molecule has 13 heavy (non-hydrogen) atoms. The molecule has 0 radical (unpaired) electrons. The van der Waals surface area contributed by atoms with Gasteiger partial charge in [0.05, 0.1) is 5.57 Å². The quantitative estimate of drug-likeness (QED) is 0.512. The first kappa shape index (κ1) is 11.4. The van der Waals surface area contributed by atoms with Crippen LogP contribution in [-0.4, -0.2) is 22.2 Å². The normalized spacial score (nSPS) is 12.8. The van der Waals surface area contributed by atoms with Crippen LogP contribution >= 0.6 is 0 Å². The summed E-state index contributed by atoms with van der Waals surface area (Å²) in [6.45, 7) is 3.03. The van der Waals surface area contributed by atoms with Crippen LogP contribution in [0.25, 0.3) is 0 Å². The molecule has 0 amide bonds. The van der Waals surface area contributed by atoms with E-state index < -0.39 is 11.9 Å². The van der Waals surface area contributed by atoms with Crippen molar-refractivity contribution in [3.05, 3.63) is 23.3 Å². The highest BCUT2D eigenvalue weighted by molar-refractivity contribution is 5.98. The predicted octanol–water partition coefficient (Wildman–Crippen LogP) is 1.44. The molecule has 0 aromatic heterocycles. The van der Waals surface area contributed by atoms with E-state index in [0.29, 0.717) is 0 Å². The molecule has 0 saturated carbocycles. The first-order valence-corrected chi connectivity index (χ1v) is 3.78. The van der Waals surface area contributed by atoms with E-state index in [-0.39, 0.29) is 17.6 Å². The van der Waals surface area contributed by atoms with Crippen LogP contribution in [0.15, 0.2) is 23.3 Å². The topological polar surface area (TPSA) is 74.6 Å². The third kappa shape index (κ3) is 3.55. The van der Waals surface area contributed by atoms with Crippen molar-refractivity contribution >= 4 is 11.9 Å². The van der Waals surface area contributed by atoms with E-state index in [9.17, 15) is 9.59 Å². The Morgan fingerprint density at radius 3 is 2.08 bits per heavy atom. The molecule has 0 spiro atoms. The summed E-state index contributed by atoms with van der Waals surface area (Å²) in [6.07, 6.45) is 3.43. The molecule has 0 aliphatic rings. The fourth-order valence-corrected chi connectivity index (χ4v) is 0.766.